The molecule has 30 heteroatoms. The molecular weight excluding hydrogens is 1450 g/mol. The van der Waals surface area contributed by atoms with Gasteiger partial charge in [-0.3, -0.25) is 33.3 Å². The number of nitrogens with one attached hydrogen (secondary N) is 3. The number of aromatic amines is 1. The second-order valence-corrected chi connectivity index (χ2v) is 30.2. The quantitative estimate of drug-likeness (QED) is 0.0123. The number of carbonyl (C=O) groups is 3. The Hall–Kier alpha value is -10.0. The summed E-state index contributed by atoms with van der Waals surface area (Å²) in [5.41, 5.74) is 5.64. The van der Waals surface area contributed by atoms with E-state index in [2.05, 4.69) is 62.0 Å². The lowest BCUT2D eigenvalue weighted by Gasteiger charge is -2.37. The van der Waals surface area contributed by atoms with Gasteiger partial charge in [0.2, 0.25) is 5.91 Å². The SMILES string of the molecule is COc1ccc(C(OC[C@H]2O[C@@H](n3cnc4c(NC(=O)c5ccc(CNC(=O)CCCC(=O)OCC6c7ccccc7-c7ccccc76)cc5)ncnc43)C[C@H]2O[P+](O)(OCCC#N)OC[C@H]2O[C@@H](n3cc(C)c(=O)[nH]c3=O)C[C@H]2OP(OCCC#N)N(C(C)C)C(C)C)(c2ccccc2)c2ccc(OC)cc2)cc1. The Kier molecular flexibility index (Phi) is 26.5. The fourth-order valence-corrected chi connectivity index (χ4v) is 17.1. The number of ether oxygens (including phenoxy) is 6. The lowest BCUT2D eigenvalue weighted by Crippen LogP contribution is -2.39. The van der Waals surface area contributed by atoms with E-state index in [1.54, 1.807) is 50.0 Å². The Balaban J connectivity index is 0.784. The van der Waals surface area contributed by atoms with Crippen molar-refractivity contribution in [3.8, 4) is 34.8 Å². The van der Waals surface area contributed by atoms with Crippen LogP contribution in [0.25, 0.3) is 22.3 Å². The van der Waals surface area contributed by atoms with Gasteiger partial charge in [0.1, 0.15) is 74.0 Å². The molecular formula is C80H88N11O17P2+. The number of methoxy groups -OCH3 is 2. The number of anilines is 1. The summed E-state index contributed by atoms with van der Waals surface area (Å²) in [6, 6.07) is 51.5. The van der Waals surface area contributed by atoms with Gasteiger partial charge in [0.05, 0.1) is 64.8 Å². The zero-order chi connectivity index (χ0) is 77.5. The third-order valence-electron chi connectivity index (χ3n) is 19.2. The highest BCUT2D eigenvalue weighted by Crippen LogP contribution is 2.62. The number of hydrogen-bond donors (Lipinski definition) is 4. The highest BCUT2D eigenvalue weighted by Gasteiger charge is 2.55. The first-order chi connectivity index (χ1) is 53.3. The molecule has 2 fully saturated rings. The number of hydrogen-bond acceptors (Lipinski definition) is 23. The van der Waals surface area contributed by atoms with E-state index in [4.69, 9.17) is 56.0 Å². The van der Waals surface area contributed by atoms with E-state index in [9.17, 15) is 39.4 Å². The normalized spacial score (nSPS) is 18.3. The maximum Gasteiger partial charge on any atom is 0.573 e. The lowest BCUT2D eigenvalue weighted by molar-refractivity contribution is -0.144. The number of imidazole rings is 1. The minimum Gasteiger partial charge on any atom is -0.497 e. The third kappa shape index (κ3) is 18.5. The van der Waals surface area contributed by atoms with Gasteiger partial charge >= 0.3 is 19.8 Å². The van der Waals surface area contributed by atoms with Crippen molar-refractivity contribution in [2.75, 3.05) is 52.6 Å². The predicted molar refractivity (Wildman–Crippen MR) is 408 cm³/mol. The fourth-order valence-electron chi connectivity index (χ4n) is 13.9. The number of fused-ring (bicyclic) bond motifs is 4. The molecule has 0 saturated carbocycles. The predicted octanol–water partition coefficient (Wildman–Crippen LogP) is 12.3. The molecule has 6 aromatic carbocycles. The van der Waals surface area contributed by atoms with Crippen LogP contribution >= 0.6 is 16.7 Å². The first-order valence-electron chi connectivity index (χ1n) is 36.3. The van der Waals surface area contributed by atoms with Crippen LogP contribution in [0.2, 0.25) is 0 Å². The summed E-state index contributed by atoms with van der Waals surface area (Å²) in [7, 11) is -3.41. The molecule has 9 aromatic rings. The smallest absolute Gasteiger partial charge is 0.497 e. The van der Waals surface area contributed by atoms with Gasteiger partial charge in [-0.25, -0.2) is 24.4 Å². The number of nitriles is 2. The molecule has 2 amide bonds. The van der Waals surface area contributed by atoms with Crippen molar-refractivity contribution in [3.63, 3.8) is 0 Å². The molecule has 3 aromatic heterocycles. The summed E-state index contributed by atoms with van der Waals surface area (Å²) in [4.78, 5) is 95.3. The lowest BCUT2D eigenvalue weighted by atomic mass is 9.80. The van der Waals surface area contributed by atoms with E-state index in [1.807, 2.05) is 135 Å². The number of aryl methyl sites for hydroxylation is 1. The topological polar surface area (TPSA) is 346 Å². The van der Waals surface area contributed by atoms with Gasteiger partial charge in [-0.2, -0.15) is 24.5 Å². The first-order valence-corrected chi connectivity index (χ1v) is 38.9. The number of H-pyrrole nitrogens is 1. The van der Waals surface area contributed by atoms with Crippen LogP contribution in [-0.2, 0) is 63.3 Å². The van der Waals surface area contributed by atoms with Gasteiger partial charge in [-0.15, -0.1) is 4.52 Å². The van der Waals surface area contributed by atoms with E-state index >= 15 is 0 Å². The van der Waals surface area contributed by atoms with Gasteiger partial charge < -0.3 is 48.1 Å². The van der Waals surface area contributed by atoms with Gasteiger partial charge in [0, 0.05) is 67.6 Å². The van der Waals surface area contributed by atoms with E-state index in [-0.39, 0.29) is 129 Å². The van der Waals surface area contributed by atoms with Crippen molar-refractivity contribution in [2.45, 2.75) is 147 Å². The Labute approximate surface area is 638 Å². The van der Waals surface area contributed by atoms with Crippen molar-refractivity contribution < 1.29 is 70.3 Å². The number of aromatic nitrogens is 6. The van der Waals surface area contributed by atoms with Crippen LogP contribution in [0.5, 0.6) is 11.5 Å². The maximum absolute atomic E-state index is 14.1. The Morgan fingerprint density at radius 1 is 0.718 bits per heavy atom. The molecule has 0 radical (unpaired) electrons. The van der Waals surface area contributed by atoms with Gasteiger partial charge in [0.25, 0.3) is 20.0 Å². The number of benzene rings is 6. The van der Waals surface area contributed by atoms with Crippen LogP contribution in [0.4, 0.5) is 5.82 Å². The van der Waals surface area contributed by atoms with E-state index in [0.717, 1.165) is 33.4 Å². The molecule has 2 unspecified atom stereocenters. The van der Waals surface area contributed by atoms with Crippen molar-refractivity contribution in [1.29, 1.82) is 10.5 Å². The molecule has 2 saturated heterocycles. The monoisotopic (exact) mass is 1540 g/mol. The molecule has 8 atom stereocenters. The summed E-state index contributed by atoms with van der Waals surface area (Å²) in [6.07, 6.45) is -1.80. The number of carbonyl (C=O) groups excluding carboxylic acids is 3. The first kappa shape index (κ1) is 79.5. The highest BCUT2D eigenvalue weighted by atomic mass is 31.2. The molecule has 0 spiro atoms. The summed E-state index contributed by atoms with van der Waals surface area (Å²) >= 11 is 0. The zero-order valence-electron chi connectivity index (χ0n) is 62.0. The highest BCUT2D eigenvalue weighted by molar-refractivity contribution is 7.55. The van der Waals surface area contributed by atoms with Crippen molar-refractivity contribution in [3.05, 3.63) is 236 Å². The Bertz CT molecular complexity index is 4760. The molecule has 110 heavy (non-hydrogen) atoms. The minimum atomic E-state index is -4.65. The molecule has 4 N–H and O–H groups in total. The molecule has 28 nitrogen and oxygen atoms in total. The molecule has 0 bridgehead atoms. The number of amides is 2. The second-order valence-electron chi connectivity index (χ2n) is 27.1. The minimum absolute atomic E-state index is 0.0306. The zero-order valence-corrected chi connectivity index (χ0v) is 63.8. The number of esters is 1. The maximum atomic E-state index is 14.1. The summed E-state index contributed by atoms with van der Waals surface area (Å²) in [5.74, 6) is 0.0772. The standard InChI is InChI=1S/C80H87N11O17P2/c1-51(2)91(52(3)4)109(102-40-16-38-81)107-66-42-71(89-45-53(5)77(94)88-79(89)96)106-69(66)48-104-110(97,103-41-17-39-82)108-67-43-72(105-68(67)47-101-80(56-18-9-8-10-19-56,57-30-34-59(98-6)35-31-57)58-32-36-60(99-7)37-33-58)90-50-86-74-75(84-49-85-76(74)90)87-78(95)55-28-26-54(27-29-55)44-83-70(92)24-15-25-73(93)100-46-65-63-22-13-11-20-61(63)62-21-12-14-23-64(62)65/h8-14,18-23,26-37,45,49-52,65-69,71-72,97H,15-17,24-25,40-44,46-48H2,1-7H3,(H2-,83,84,85,87,88,92,94,95,96)/p+1/t66-,67-,68-,69-,71-,72-,109?,110?/m1/s1. The third-order valence-corrected chi connectivity index (χ3v) is 22.9. The van der Waals surface area contributed by atoms with Gasteiger partial charge in [-0.05, 0) is 122 Å². The second kappa shape index (κ2) is 36.7. The fraction of sp³-hybridized carbons (Fsp3) is 0.375. The number of rotatable bonds is 36. The van der Waals surface area contributed by atoms with Crippen LogP contribution in [-0.4, -0.2) is 140 Å². The van der Waals surface area contributed by atoms with Crippen LogP contribution in [0.3, 0.4) is 0 Å². The van der Waals surface area contributed by atoms with Crippen molar-refractivity contribution >= 4 is 51.5 Å². The number of nitrogens with zero attached hydrogens (tertiary/aromatic N) is 8. The van der Waals surface area contributed by atoms with E-state index in [0.29, 0.717) is 29.0 Å². The average Bonchev–Trinajstić information content (AvgIpc) is 1.44. The molecule has 2 aliphatic heterocycles. The van der Waals surface area contributed by atoms with Crippen molar-refractivity contribution in [2.24, 2.45) is 0 Å². The molecule has 12 rings (SSSR count). The largest absolute Gasteiger partial charge is 0.573 e. The Morgan fingerprint density at radius 3 is 1.95 bits per heavy atom. The van der Waals surface area contributed by atoms with E-state index < -0.39 is 82.9 Å². The van der Waals surface area contributed by atoms with Crippen LogP contribution < -0.4 is 31.4 Å². The average molecular weight is 1540 g/mol. The van der Waals surface area contributed by atoms with Crippen molar-refractivity contribution in [1.82, 2.24) is 39.1 Å². The summed E-state index contributed by atoms with van der Waals surface area (Å²) in [6.45, 7) is 8.84. The molecule has 1 aliphatic carbocycles. The molecule has 3 aliphatic rings. The van der Waals surface area contributed by atoms with Crippen LogP contribution in [0, 0.1) is 29.6 Å². The van der Waals surface area contributed by atoms with Crippen LogP contribution in [0.15, 0.2) is 180 Å². The Morgan fingerprint density at radius 2 is 1.32 bits per heavy atom. The summed E-state index contributed by atoms with van der Waals surface area (Å²) < 4.78 is 75.7. The molecule has 574 valence electrons. The van der Waals surface area contributed by atoms with E-state index in [1.165, 1.54) is 23.4 Å². The van der Waals surface area contributed by atoms with Gasteiger partial charge in [-0.1, -0.05) is 115 Å². The summed E-state index contributed by atoms with van der Waals surface area (Å²) in [5, 5.41) is 25.2. The van der Waals surface area contributed by atoms with Gasteiger partial charge in [0.15, 0.2) is 17.0 Å². The molecule has 5 heterocycles. The van der Waals surface area contributed by atoms with Crippen LogP contribution in [0.1, 0.15) is 140 Å².